The van der Waals surface area contributed by atoms with Crippen LogP contribution in [0.3, 0.4) is 0 Å². The maximum atomic E-state index is 13.0. The average Bonchev–Trinajstić information content (AvgIpc) is 2.82. The van der Waals surface area contributed by atoms with Crippen LogP contribution in [0.1, 0.15) is 48.8 Å². The van der Waals surface area contributed by atoms with Crippen LogP contribution < -0.4 is 4.74 Å². The maximum absolute atomic E-state index is 13.0. The zero-order chi connectivity index (χ0) is 23.3. The predicted octanol–water partition coefficient (Wildman–Crippen LogP) is 4.41. The van der Waals surface area contributed by atoms with E-state index >= 15 is 0 Å². The first-order chi connectivity index (χ1) is 16.0. The van der Waals surface area contributed by atoms with Gasteiger partial charge in [0.2, 0.25) is 5.91 Å². The lowest BCUT2D eigenvalue weighted by Crippen LogP contribution is -2.49. The minimum atomic E-state index is 0.0165. The molecule has 1 spiro atoms. The highest BCUT2D eigenvalue weighted by atomic mass is 16.5. The summed E-state index contributed by atoms with van der Waals surface area (Å²) in [5.74, 6) is 1.06. The van der Waals surface area contributed by atoms with Crippen molar-refractivity contribution in [3.8, 4) is 5.75 Å². The largest absolute Gasteiger partial charge is 0.483 e. The molecule has 0 bridgehead atoms. The molecule has 2 aromatic rings. The number of para-hydroxylation sites is 1. The zero-order valence-electron chi connectivity index (χ0n) is 20.0. The number of likely N-dealkylation sites (N-methyl/N-ethyl adjacent to an activating group) is 1. The summed E-state index contributed by atoms with van der Waals surface area (Å²) in [4.78, 5) is 29.7. The van der Waals surface area contributed by atoms with E-state index in [0.717, 1.165) is 69.5 Å². The molecular weight excluding hydrogens is 412 g/mol. The molecule has 0 unspecified atom stereocenters. The molecule has 0 aliphatic carbocycles. The second kappa shape index (κ2) is 10.4. The molecule has 0 N–H and O–H groups in total. The summed E-state index contributed by atoms with van der Waals surface area (Å²) in [6, 6.07) is 16.2. The number of carbonyl (C=O) groups is 2. The Labute approximate surface area is 197 Å². The molecule has 176 valence electrons. The third kappa shape index (κ3) is 5.76. The Balaban J connectivity index is 1.41. The standard InChI is InChI=1S/C28H36N2O3/c1-22-9-3-4-12-24(22)19-26(31)30-17-15-28(16-18-30)14-8-7-11-23-10-5-6-13-25(23)33-20-27(32)29(2)21-28/h3-6,9-10,12-13H,7-8,11,14-21H2,1-2H3. The molecule has 2 aliphatic heterocycles. The van der Waals surface area contributed by atoms with Gasteiger partial charge in [0.05, 0.1) is 6.42 Å². The molecule has 5 nitrogen and oxygen atoms in total. The van der Waals surface area contributed by atoms with Crippen molar-refractivity contribution in [3.63, 3.8) is 0 Å². The lowest BCUT2D eigenvalue weighted by Gasteiger charge is -2.44. The molecule has 0 saturated carbocycles. The molecule has 33 heavy (non-hydrogen) atoms. The number of ether oxygens (including phenoxy) is 1. The summed E-state index contributed by atoms with van der Waals surface area (Å²) in [5.41, 5.74) is 3.53. The van der Waals surface area contributed by atoms with Gasteiger partial charge in [-0.2, -0.15) is 0 Å². The number of hydrogen-bond donors (Lipinski definition) is 0. The zero-order valence-corrected chi connectivity index (χ0v) is 20.0. The van der Waals surface area contributed by atoms with E-state index in [0.29, 0.717) is 6.42 Å². The highest BCUT2D eigenvalue weighted by molar-refractivity contribution is 5.79. The Hall–Kier alpha value is -2.82. The number of aryl methyl sites for hydroxylation is 2. The molecular formula is C28H36N2O3. The number of piperidine rings is 1. The van der Waals surface area contributed by atoms with Crippen molar-refractivity contribution in [3.05, 3.63) is 65.2 Å². The van der Waals surface area contributed by atoms with Gasteiger partial charge in [0.15, 0.2) is 6.61 Å². The second-order valence-corrected chi connectivity index (χ2v) is 9.84. The van der Waals surface area contributed by atoms with Crippen LogP contribution in [0.2, 0.25) is 0 Å². The maximum Gasteiger partial charge on any atom is 0.260 e. The molecule has 2 heterocycles. The number of benzene rings is 2. The molecule has 2 aromatic carbocycles. The lowest BCUT2D eigenvalue weighted by atomic mass is 9.73. The predicted molar refractivity (Wildman–Crippen MR) is 130 cm³/mol. The molecule has 1 fully saturated rings. The number of carbonyl (C=O) groups excluding carboxylic acids is 2. The lowest BCUT2D eigenvalue weighted by molar-refractivity contribution is -0.137. The van der Waals surface area contributed by atoms with Crippen LogP contribution in [0.15, 0.2) is 48.5 Å². The highest BCUT2D eigenvalue weighted by Crippen LogP contribution is 2.38. The molecule has 0 aromatic heterocycles. The quantitative estimate of drug-likeness (QED) is 0.684. The molecule has 0 atom stereocenters. The van der Waals surface area contributed by atoms with E-state index in [2.05, 4.69) is 19.1 Å². The van der Waals surface area contributed by atoms with E-state index in [-0.39, 0.29) is 23.8 Å². The van der Waals surface area contributed by atoms with Gasteiger partial charge in [-0.15, -0.1) is 0 Å². The number of hydrogen-bond acceptors (Lipinski definition) is 3. The van der Waals surface area contributed by atoms with Gasteiger partial charge in [-0.3, -0.25) is 9.59 Å². The molecule has 5 heteroatoms. The number of nitrogens with zero attached hydrogens (tertiary/aromatic N) is 2. The van der Waals surface area contributed by atoms with E-state index < -0.39 is 0 Å². The van der Waals surface area contributed by atoms with Gasteiger partial charge in [-0.05, 0) is 67.2 Å². The van der Waals surface area contributed by atoms with Crippen molar-refractivity contribution in [2.75, 3.05) is 33.3 Å². The fourth-order valence-electron chi connectivity index (χ4n) is 5.31. The van der Waals surface area contributed by atoms with Crippen molar-refractivity contribution in [1.29, 1.82) is 0 Å². The number of amides is 2. The van der Waals surface area contributed by atoms with Crippen LogP contribution in [0.4, 0.5) is 0 Å². The summed E-state index contributed by atoms with van der Waals surface area (Å²) >= 11 is 0. The topological polar surface area (TPSA) is 49.9 Å². The Morgan fingerprint density at radius 2 is 1.73 bits per heavy atom. The Kier molecular flexibility index (Phi) is 7.36. The van der Waals surface area contributed by atoms with Crippen LogP contribution in [-0.2, 0) is 22.4 Å². The second-order valence-electron chi connectivity index (χ2n) is 9.84. The van der Waals surface area contributed by atoms with Crippen LogP contribution in [0.25, 0.3) is 0 Å². The SMILES string of the molecule is Cc1ccccc1CC(=O)N1CCC2(CCCCc3ccccc3OCC(=O)N(C)C2)CC1. The van der Waals surface area contributed by atoms with Crippen LogP contribution in [0.5, 0.6) is 5.75 Å². The van der Waals surface area contributed by atoms with Crippen molar-refractivity contribution < 1.29 is 14.3 Å². The van der Waals surface area contributed by atoms with E-state index in [9.17, 15) is 9.59 Å². The third-order valence-electron chi connectivity index (χ3n) is 7.51. The fraction of sp³-hybridized carbons (Fsp3) is 0.500. The molecule has 2 amide bonds. The Morgan fingerprint density at radius 3 is 2.52 bits per heavy atom. The van der Waals surface area contributed by atoms with Crippen molar-refractivity contribution in [2.45, 2.75) is 51.9 Å². The minimum absolute atomic E-state index is 0.0165. The Bertz CT molecular complexity index is 979. The third-order valence-corrected chi connectivity index (χ3v) is 7.51. The summed E-state index contributed by atoms with van der Waals surface area (Å²) in [6.07, 6.45) is 6.64. The smallest absolute Gasteiger partial charge is 0.260 e. The van der Waals surface area contributed by atoms with Gasteiger partial charge >= 0.3 is 0 Å². The van der Waals surface area contributed by atoms with E-state index in [1.165, 1.54) is 11.1 Å². The molecule has 0 radical (unpaired) electrons. The number of rotatable bonds is 2. The Morgan fingerprint density at radius 1 is 1.00 bits per heavy atom. The van der Waals surface area contributed by atoms with Crippen LogP contribution in [-0.4, -0.2) is 54.9 Å². The highest BCUT2D eigenvalue weighted by Gasteiger charge is 2.37. The summed E-state index contributed by atoms with van der Waals surface area (Å²) in [6.45, 7) is 4.41. The van der Waals surface area contributed by atoms with Gasteiger partial charge in [0.1, 0.15) is 5.75 Å². The molecule has 4 rings (SSSR count). The van der Waals surface area contributed by atoms with Gasteiger partial charge in [0, 0.05) is 26.7 Å². The van der Waals surface area contributed by atoms with Crippen LogP contribution in [0, 0.1) is 12.3 Å². The number of likely N-dealkylation sites (tertiary alicyclic amines) is 1. The molecule has 2 aliphatic rings. The summed E-state index contributed by atoms with van der Waals surface area (Å²) in [7, 11) is 1.89. The summed E-state index contributed by atoms with van der Waals surface area (Å²) in [5, 5.41) is 0. The first-order valence-corrected chi connectivity index (χ1v) is 12.2. The van der Waals surface area contributed by atoms with Crippen molar-refractivity contribution >= 4 is 11.8 Å². The fourth-order valence-corrected chi connectivity index (χ4v) is 5.31. The summed E-state index contributed by atoms with van der Waals surface area (Å²) < 4.78 is 5.89. The van der Waals surface area contributed by atoms with Gasteiger partial charge in [-0.1, -0.05) is 48.9 Å². The normalized spacial score (nSPS) is 19.3. The first kappa shape index (κ1) is 23.3. The van der Waals surface area contributed by atoms with E-state index in [1.807, 2.05) is 53.2 Å². The van der Waals surface area contributed by atoms with E-state index in [1.54, 1.807) is 0 Å². The van der Waals surface area contributed by atoms with Gasteiger partial charge in [0.25, 0.3) is 5.91 Å². The van der Waals surface area contributed by atoms with Crippen molar-refractivity contribution in [2.24, 2.45) is 5.41 Å². The minimum Gasteiger partial charge on any atom is -0.483 e. The van der Waals surface area contributed by atoms with E-state index in [4.69, 9.17) is 4.74 Å². The van der Waals surface area contributed by atoms with Crippen molar-refractivity contribution in [1.82, 2.24) is 9.80 Å². The molecule has 1 saturated heterocycles. The van der Waals surface area contributed by atoms with Crippen LogP contribution >= 0.6 is 0 Å². The van der Waals surface area contributed by atoms with Gasteiger partial charge < -0.3 is 14.5 Å². The average molecular weight is 449 g/mol. The first-order valence-electron chi connectivity index (χ1n) is 12.2. The van der Waals surface area contributed by atoms with Gasteiger partial charge in [-0.25, -0.2) is 0 Å². The monoisotopic (exact) mass is 448 g/mol. The number of fused-ring (bicyclic) bond motifs is 1.